The van der Waals surface area contributed by atoms with Gasteiger partial charge in [0.2, 0.25) is 0 Å². The number of allylic oxidation sites excluding steroid dienone is 1. The molecule has 14 heavy (non-hydrogen) atoms. The maximum Gasteiger partial charge on any atom is 0.0256 e. The molecule has 0 bridgehead atoms. The van der Waals surface area contributed by atoms with Crippen molar-refractivity contribution in [3.63, 3.8) is 0 Å². The van der Waals surface area contributed by atoms with Crippen molar-refractivity contribution in [1.29, 1.82) is 0 Å². The third kappa shape index (κ3) is 8.03. The molecule has 0 amide bonds. The summed E-state index contributed by atoms with van der Waals surface area (Å²) < 4.78 is 0. The average Bonchev–Trinajstić information content (AvgIpc) is 2.21. The third-order valence-corrected chi connectivity index (χ3v) is 2.46. The molecule has 1 heteroatoms. The summed E-state index contributed by atoms with van der Waals surface area (Å²) in [6.07, 6.45) is 9.58. The average molecular weight is 195 g/mol. The first-order chi connectivity index (χ1) is 6.70. The minimum Gasteiger partial charge on any atom is -0.266 e. The molecule has 0 radical (unpaired) electrons. The monoisotopic (exact) mass is 195 g/mol. The zero-order valence-corrected chi connectivity index (χ0v) is 10.3. The molecule has 0 aromatic heterocycles. The van der Waals surface area contributed by atoms with E-state index in [2.05, 4.69) is 32.7 Å². The van der Waals surface area contributed by atoms with Gasteiger partial charge in [0, 0.05) is 11.9 Å². The Balaban J connectivity index is 3.67. The summed E-state index contributed by atoms with van der Waals surface area (Å²) in [4.78, 5) is 4.45. The maximum atomic E-state index is 4.45. The van der Waals surface area contributed by atoms with Crippen molar-refractivity contribution in [2.24, 2.45) is 4.99 Å². The van der Waals surface area contributed by atoms with Gasteiger partial charge in [-0.2, -0.15) is 0 Å². The molecule has 0 aromatic rings. The summed E-state index contributed by atoms with van der Waals surface area (Å²) in [5.41, 5.74) is 2.63. The van der Waals surface area contributed by atoms with Crippen LogP contribution in [0, 0.1) is 0 Å². The fourth-order valence-electron chi connectivity index (χ4n) is 1.18. The van der Waals surface area contributed by atoms with Crippen molar-refractivity contribution in [3.05, 3.63) is 11.8 Å². The van der Waals surface area contributed by atoms with Crippen LogP contribution in [0.15, 0.2) is 16.8 Å². The highest BCUT2D eigenvalue weighted by Gasteiger charge is 1.91. The van der Waals surface area contributed by atoms with E-state index in [4.69, 9.17) is 0 Å². The summed E-state index contributed by atoms with van der Waals surface area (Å²) >= 11 is 0. The molecule has 82 valence electrons. The SMILES string of the molecule is CCCCCCC(C)=N/C=C(\C)CC. The van der Waals surface area contributed by atoms with Gasteiger partial charge in [-0.1, -0.05) is 38.7 Å². The Labute approximate surface area is 89.3 Å². The van der Waals surface area contributed by atoms with E-state index in [0.717, 1.165) is 12.8 Å². The van der Waals surface area contributed by atoms with Crippen LogP contribution >= 0.6 is 0 Å². The molecule has 0 saturated carbocycles. The lowest BCUT2D eigenvalue weighted by Gasteiger charge is -1.99. The lowest BCUT2D eigenvalue weighted by molar-refractivity contribution is 0.682. The first-order valence-electron chi connectivity index (χ1n) is 5.89. The molecule has 0 aliphatic carbocycles. The van der Waals surface area contributed by atoms with Gasteiger partial charge in [-0.15, -0.1) is 0 Å². The normalized spacial score (nSPS) is 13.4. The minimum absolute atomic E-state index is 1.10. The highest BCUT2D eigenvalue weighted by atomic mass is 14.7. The molecule has 1 nitrogen and oxygen atoms in total. The van der Waals surface area contributed by atoms with Crippen LogP contribution in [-0.4, -0.2) is 5.71 Å². The van der Waals surface area contributed by atoms with E-state index in [0.29, 0.717) is 0 Å². The molecule has 0 atom stereocenters. The van der Waals surface area contributed by atoms with Crippen molar-refractivity contribution in [2.45, 2.75) is 66.2 Å². The van der Waals surface area contributed by atoms with Crippen LogP contribution in [0.1, 0.15) is 66.2 Å². The second-order valence-electron chi connectivity index (χ2n) is 4.00. The van der Waals surface area contributed by atoms with E-state index in [9.17, 15) is 0 Å². The highest BCUT2D eigenvalue weighted by Crippen LogP contribution is 2.05. The molecule has 0 spiro atoms. The number of hydrogen-bond acceptors (Lipinski definition) is 1. The van der Waals surface area contributed by atoms with E-state index in [1.54, 1.807) is 0 Å². The zero-order chi connectivity index (χ0) is 10.8. The van der Waals surface area contributed by atoms with E-state index in [1.807, 2.05) is 6.20 Å². The van der Waals surface area contributed by atoms with Gasteiger partial charge >= 0.3 is 0 Å². The number of rotatable bonds is 7. The Morgan fingerprint density at radius 1 is 1.07 bits per heavy atom. The third-order valence-electron chi connectivity index (χ3n) is 2.46. The van der Waals surface area contributed by atoms with Gasteiger partial charge in [0.15, 0.2) is 0 Å². The summed E-state index contributed by atoms with van der Waals surface area (Å²) in [7, 11) is 0. The van der Waals surface area contributed by atoms with Gasteiger partial charge in [-0.25, -0.2) is 0 Å². The first kappa shape index (κ1) is 13.4. The van der Waals surface area contributed by atoms with Gasteiger partial charge in [-0.3, -0.25) is 4.99 Å². The Morgan fingerprint density at radius 3 is 2.36 bits per heavy atom. The van der Waals surface area contributed by atoms with Crippen molar-refractivity contribution in [1.82, 2.24) is 0 Å². The number of unbranched alkanes of at least 4 members (excludes halogenated alkanes) is 3. The molecule has 0 aromatic carbocycles. The van der Waals surface area contributed by atoms with E-state index >= 15 is 0 Å². The molecule has 0 unspecified atom stereocenters. The highest BCUT2D eigenvalue weighted by molar-refractivity contribution is 5.82. The Bertz CT molecular complexity index is 189. The van der Waals surface area contributed by atoms with Crippen molar-refractivity contribution >= 4 is 5.71 Å². The Kier molecular flexibility index (Phi) is 8.61. The Morgan fingerprint density at radius 2 is 1.79 bits per heavy atom. The van der Waals surface area contributed by atoms with Crippen LogP contribution in [-0.2, 0) is 0 Å². The quantitative estimate of drug-likeness (QED) is 0.411. The van der Waals surface area contributed by atoms with E-state index in [-0.39, 0.29) is 0 Å². The number of hydrogen-bond donors (Lipinski definition) is 0. The number of aliphatic imine (C=N–C) groups is 1. The summed E-state index contributed by atoms with van der Waals surface area (Å²) in [5.74, 6) is 0. The van der Waals surface area contributed by atoms with Crippen molar-refractivity contribution in [2.75, 3.05) is 0 Å². The standard InChI is InChI=1S/C13H25N/c1-5-7-8-9-10-13(4)14-11-12(3)6-2/h11H,5-10H2,1-4H3/b12-11+,14-13?. The number of nitrogens with zero attached hydrogens (tertiary/aromatic N) is 1. The van der Waals surface area contributed by atoms with Crippen LogP contribution in [0.25, 0.3) is 0 Å². The molecular weight excluding hydrogens is 170 g/mol. The first-order valence-corrected chi connectivity index (χ1v) is 5.89. The largest absolute Gasteiger partial charge is 0.266 e. The summed E-state index contributed by atoms with van der Waals surface area (Å²) in [5, 5.41) is 0. The predicted octanol–water partition coefficient (Wildman–Crippen LogP) is 4.73. The second-order valence-corrected chi connectivity index (χ2v) is 4.00. The van der Waals surface area contributed by atoms with Gasteiger partial charge in [0.1, 0.15) is 0 Å². The van der Waals surface area contributed by atoms with Crippen LogP contribution < -0.4 is 0 Å². The van der Waals surface area contributed by atoms with Gasteiger partial charge < -0.3 is 0 Å². The summed E-state index contributed by atoms with van der Waals surface area (Å²) in [6, 6.07) is 0. The van der Waals surface area contributed by atoms with Crippen molar-refractivity contribution in [3.8, 4) is 0 Å². The van der Waals surface area contributed by atoms with Crippen LogP contribution in [0.2, 0.25) is 0 Å². The molecule has 0 heterocycles. The van der Waals surface area contributed by atoms with Crippen LogP contribution in [0.4, 0.5) is 0 Å². The topological polar surface area (TPSA) is 12.4 Å². The second kappa shape index (κ2) is 8.98. The fraction of sp³-hybridized carbons (Fsp3) is 0.769. The Hall–Kier alpha value is -0.590. The minimum atomic E-state index is 1.10. The maximum absolute atomic E-state index is 4.45. The van der Waals surface area contributed by atoms with Gasteiger partial charge in [0.05, 0.1) is 0 Å². The predicted molar refractivity (Wildman–Crippen MR) is 65.9 cm³/mol. The van der Waals surface area contributed by atoms with Gasteiger partial charge in [0.25, 0.3) is 0 Å². The zero-order valence-electron chi connectivity index (χ0n) is 10.3. The van der Waals surface area contributed by atoms with E-state index in [1.165, 1.54) is 37.0 Å². The van der Waals surface area contributed by atoms with Gasteiger partial charge in [-0.05, 0) is 33.1 Å². The molecule has 0 fully saturated rings. The molecule has 0 aliphatic heterocycles. The fourth-order valence-corrected chi connectivity index (χ4v) is 1.18. The van der Waals surface area contributed by atoms with Crippen LogP contribution in [0.5, 0.6) is 0 Å². The van der Waals surface area contributed by atoms with Crippen molar-refractivity contribution < 1.29 is 0 Å². The molecule has 0 rings (SSSR count). The van der Waals surface area contributed by atoms with E-state index < -0.39 is 0 Å². The molecule has 0 saturated heterocycles. The molecule has 0 aliphatic rings. The van der Waals surface area contributed by atoms with Crippen LogP contribution in [0.3, 0.4) is 0 Å². The lowest BCUT2D eigenvalue weighted by atomic mass is 10.1. The molecule has 0 N–H and O–H groups in total. The smallest absolute Gasteiger partial charge is 0.0256 e. The molecular formula is C13H25N. The summed E-state index contributed by atoms with van der Waals surface area (Å²) in [6.45, 7) is 8.67. The lowest BCUT2D eigenvalue weighted by Crippen LogP contribution is -1.90.